The lowest BCUT2D eigenvalue weighted by Gasteiger charge is -2.17. The van der Waals surface area contributed by atoms with Gasteiger partial charge in [-0.2, -0.15) is 0 Å². The van der Waals surface area contributed by atoms with Crippen molar-refractivity contribution in [1.82, 2.24) is 9.55 Å². The van der Waals surface area contributed by atoms with Crippen molar-refractivity contribution in [2.75, 3.05) is 5.73 Å². The van der Waals surface area contributed by atoms with Crippen LogP contribution in [-0.2, 0) is 0 Å². The molecule has 1 heterocycles. The Hall–Kier alpha value is -1.88. The third-order valence-electron chi connectivity index (χ3n) is 3.74. The van der Waals surface area contributed by atoms with Crippen LogP contribution in [0.5, 0.6) is 0 Å². The minimum atomic E-state index is -0.261. The smallest absolute Gasteiger partial charge is 0.201 e. The van der Waals surface area contributed by atoms with Crippen molar-refractivity contribution in [3.05, 3.63) is 57.8 Å². The van der Waals surface area contributed by atoms with Crippen LogP contribution >= 0.6 is 15.9 Å². The van der Waals surface area contributed by atoms with Gasteiger partial charge in [-0.25, -0.2) is 9.37 Å². The van der Waals surface area contributed by atoms with Gasteiger partial charge in [0, 0.05) is 10.5 Å². The molecule has 2 N–H and O–H groups in total. The van der Waals surface area contributed by atoms with Gasteiger partial charge in [0.25, 0.3) is 0 Å². The molecule has 21 heavy (non-hydrogen) atoms. The molecule has 1 atom stereocenters. The molecule has 2 aromatic carbocycles. The maximum absolute atomic E-state index is 13.7. The van der Waals surface area contributed by atoms with Gasteiger partial charge in [0.15, 0.2) is 0 Å². The molecule has 5 heteroatoms. The Bertz CT molecular complexity index is 808. The fourth-order valence-corrected chi connectivity index (χ4v) is 2.80. The first kappa shape index (κ1) is 14.1. The predicted molar refractivity (Wildman–Crippen MR) is 86.8 cm³/mol. The summed E-state index contributed by atoms with van der Waals surface area (Å²) in [5.41, 5.74) is 9.18. The van der Waals surface area contributed by atoms with E-state index in [0.717, 1.165) is 15.6 Å². The van der Waals surface area contributed by atoms with Gasteiger partial charge in [-0.15, -0.1) is 0 Å². The zero-order valence-corrected chi connectivity index (χ0v) is 13.4. The number of hydrogen-bond acceptors (Lipinski definition) is 2. The van der Waals surface area contributed by atoms with E-state index in [1.54, 1.807) is 13.0 Å². The molecule has 0 aliphatic carbocycles. The first-order valence-electron chi connectivity index (χ1n) is 6.66. The molecular weight excluding hydrogens is 333 g/mol. The third-order valence-corrected chi connectivity index (χ3v) is 4.27. The Balaban J connectivity index is 2.17. The lowest BCUT2D eigenvalue weighted by molar-refractivity contribution is 0.619. The van der Waals surface area contributed by atoms with E-state index in [-0.39, 0.29) is 11.9 Å². The molecule has 1 aromatic heterocycles. The van der Waals surface area contributed by atoms with Crippen LogP contribution < -0.4 is 5.73 Å². The summed E-state index contributed by atoms with van der Waals surface area (Å²) in [6, 6.07) is 11.3. The van der Waals surface area contributed by atoms with Crippen LogP contribution in [-0.4, -0.2) is 9.55 Å². The van der Waals surface area contributed by atoms with Gasteiger partial charge >= 0.3 is 0 Å². The fourth-order valence-electron chi connectivity index (χ4n) is 2.54. The molecule has 3 nitrogen and oxygen atoms in total. The average Bonchev–Trinajstić information content (AvgIpc) is 2.75. The van der Waals surface area contributed by atoms with E-state index in [9.17, 15) is 4.39 Å². The number of fused-ring (bicyclic) bond motifs is 1. The highest BCUT2D eigenvalue weighted by molar-refractivity contribution is 9.10. The Morgan fingerprint density at radius 1 is 1.24 bits per heavy atom. The number of rotatable bonds is 2. The fraction of sp³-hybridized carbons (Fsp3) is 0.188. The highest BCUT2D eigenvalue weighted by Crippen LogP contribution is 2.29. The zero-order valence-electron chi connectivity index (χ0n) is 11.8. The second-order valence-electron chi connectivity index (χ2n) is 5.16. The highest BCUT2D eigenvalue weighted by atomic mass is 79.9. The maximum atomic E-state index is 13.7. The number of anilines is 1. The highest BCUT2D eigenvalue weighted by Gasteiger charge is 2.17. The predicted octanol–water partition coefficient (Wildman–Crippen LogP) is 4.44. The number of halogens is 2. The number of nitrogen functional groups attached to an aromatic ring is 1. The second-order valence-corrected chi connectivity index (χ2v) is 6.07. The number of benzene rings is 2. The molecule has 1 unspecified atom stereocenters. The van der Waals surface area contributed by atoms with Gasteiger partial charge in [-0.05, 0) is 43.2 Å². The molecule has 0 saturated carbocycles. The lowest BCUT2D eigenvalue weighted by Crippen LogP contribution is -2.10. The van der Waals surface area contributed by atoms with Crippen LogP contribution in [0.1, 0.15) is 24.1 Å². The van der Waals surface area contributed by atoms with E-state index in [4.69, 9.17) is 5.73 Å². The van der Waals surface area contributed by atoms with Crippen LogP contribution in [0.15, 0.2) is 40.9 Å². The summed E-state index contributed by atoms with van der Waals surface area (Å²) in [6.45, 7) is 3.80. The number of hydrogen-bond donors (Lipinski definition) is 1. The van der Waals surface area contributed by atoms with Gasteiger partial charge in [0.1, 0.15) is 5.82 Å². The Morgan fingerprint density at radius 2 is 1.90 bits per heavy atom. The van der Waals surface area contributed by atoms with Crippen molar-refractivity contribution < 1.29 is 4.39 Å². The van der Waals surface area contributed by atoms with E-state index in [2.05, 4.69) is 27.8 Å². The molecule has 0 spiro atoms. The zero-order chi connectivity index (χ0) is 15.1. The summed E-state index contributed by atoms with van der Waals surface area (Å²) in [7, 11) is 0. The largest absolute Gasteiger partial charge is 0.369 e. The first-order chi connectivity index (χ1) is 9.97. The normalized spacial score (nSPS) is 12.8. The molecule has 0 aliphatic heterocycles. The van der Waals surface area contributed by atoms with Gasteiger partial charge in [0.05, 0.1) is 17.1 Å². The molecular formula is C16H15BrFN3. The van der Waals surface area contributed by atoms with Crippen molar-refractivity contribution in [3.8, 4) is 0 Å². The SMILES string of the molecule is Cc1cc2c(cc1F)nc(N)n2C(C)c1ccc(Br)cc1. The van der Waals surface area contributed by atoms with Crippen molar-refractivity contribution in [2.24, 2.45) is 0 Å². The molecule has 0 fully saturated rings. The number of nitrogens with zero attached hydrogens (tertiary/aromatic N) is 2. The summed E-state index contributed by atoms with van der Waals surface area (Å²) < 4.78 is 16.6. The number of aromatic nitrogens is 2. The lowest BCUT2D eigenvalue weighted by atomic mass is 10.1. The summed E-state index contributed by atoms with van der Waals surface area (Å²) in [6.07, 6.45) is 0. The molecule has 3 rings (SSSR count). The summed E-state index contributed by atoms with van der Waals surface area (Å²) in [5.74, 6) is 0.133. The van der Waals surface area contributed by atoms with Gasteiger partial charge in [-0.3, -0.25) is 0 Å². The van der Waals surface area contributed by atoms with Crippen LogP contribution in [0.2, 0.25) is 0 Å². The van der Waals surface area contributed by atoms with Crippen molar-refractivity contribution in [3.63, 3.8) is 0 Å². The minimum Gasteiger partial charge on any atom is -0.369 e. The molecule has 3 aromatic rings. The quantitative estimate of drug-likeness (QED) is 0.744. The van der Waals surface area contributed by atoms with Gasteiger partial charge in [0.2, 0.25) is 5.95 Å². The van der Waals surface area contributed by atoms with Crippen molar-refractivity contribution >= 4 is 32.9 Å². The van der Waals surface area contributed by atoms with Gasteiger partial charge in [-0.1, -0.05) is 28.1 Å². The monoisotopic (exact) mass is 347 g/mol. The topological polar surface area (TPSA) is 43.8 Å². The van der Waals surface area contributed by atoms with Crippen LogP contribution in [0.4, 0.5) is 10.3 Å². The Morgan fingerprint density at radius 3 is 2.57 bits per heavy atom. The first-order valence-corrected chi connectivity index (χ1v) is 7.45. The minimum absolute atomic E-state index is 0.0213. The molecule has 0 saturated heterocycles. The molecule has 0 radical (unpaired) electrons. The third kappa shape index (κ3) is 2.42. The van der Waals surface area contributed by atoms with Crippen LogP contribution in [0.25, 0.3) is 11.0 Å². The van der Waals surface area contributed by atoms with E-state index >= 15 is 0 Å². The summed E-state index contributed by atoms with van der Waals surface area (Å²) >= 11 is 3.43. The van der Waals surface area contributed by atoms with Crippen LogP contribution in [0.3, 0.4) is 0 Å². The van der Waals surface area contributed by atoms with Crippen molar-refractivity contribution in [2.45, 2.75) is 19.9 Å². The van der Waals surface area contributed by atoms with Crippen LogP contribution in [0, 0.1) is 12.7 Å². The molecule has 0 aliphatic rings. The standard InChI is InChI=1S/C16H15BrFN3/c1-9-7-15-14(8-13(9)18)20-16(19)21(15)10(2)11-3-5-12(17)6-4-11/h3-8,10H,1-2H3,(H2,19,20). The Kier molecular flexibility index (Phi) is 3.45. The second kappa shape index (κ2) is 5.15. The van der Waals surface area contributed by atoms with Gasteiger partial charge < -0.3 is 10.3 Å². The molecule has 108 valence electrons. The maximum Gasteiger partial charge on any atom is 0.201 e. The van der Waals surface area contributed by atoms with E-state index < -0.39 is 0 Å². The van der Waals surface area contributed by atoms with E-state index in [1.807, 2.05) is 28.8 Å². The molecule has 0 bridgehead atoms. The summed E-state index contributed by atoms with van der Waals surface area (Å²) in [4.78, 5) is 4.27. The molecule has 0 amide bonds. The Labute approximate surface area is 130 Å². The number of nitrogens with two attached hydrogens (primary N) is 1. The van der Waals surface area contributed by atoms with E-state index in [0.29, 0.717) is 17.0 Å². The van der Waals surface area contributed by atoms with Crippen molar-refractivity contribution in [1.29, 1.82) is 0 Å². The number of aryl methyl sites for hydroxylation is 1. The average molecular weight is 348 g/mol. The van der Waals surface area contributed by atoms with E-state index in [1.165, 1.54) is 6.07 Å². The summed E-state index contributed by atoms with van der Waals surface area (Å²) in [5, 5.41) is 0. The number of imidazole rings is 1.